The van der Waals surface area contributed by atoms with Gasteiger partial charge in [0.1, 0.15) is 5.75 Å². The van der Waals surface area contributed by atoms with Gasteiger partial charge in [0.2, 0.25) is 0 Å². The van der Waals surface area contributed by atoms with Gasteiger partial charge in [-0.05, 0) is 43.2 Å². The number of carbonyl (C=O) groups is 1. The SMILES string of the molecule is CN=C(NCCCN1C(=O)COc2ccccc21)NC(C)c1ccc(F)c(F)c1.I. The van der Waals surface area contributed by atoms with Gasteiger partial charge in [-0.25, -0.2) is 8.78 Å². The molecule has 0 aromatic heterocycles. The van der Waals surface area contributed by atoms with E-state index in [9.17, 15) is 13.6 Å². The lowest BCUT2D eigenvalue weighted by Crippen LogP contribution is -2.42. The van der Waals surface area contributed by atoms with Gasteiger partial charge in [-0.2, -0.15) is 0 Å². The van der Waals surface area contributed by atoms with Crippen molar-refractivity contribution in [2.24, 2.45) is 4.99 Å². The molecule has 2 N–H and O–H groups in total. The number of nitrogens with zero attached hydrogens (tertiary/aromatic N) is 2. The monoisotopic (exact) mass is 530 g/mol. The van der Waals surface area contributed by atoms with E-state index in [0.29, 0.717) is 36.8 Å². The number of benzene rings is 2. The van der Waals surface area contributed by atoms with Crippen LogP contribution in [0.3, 0.4) is 0 Å². The number of halogens is 3. The first-order chi connectivity index (χ1) is 14.0. The van der Waals surface area contributed by atoms with Crippen LogP contribution >= 0.6 is 24.0 Å². The number of ether oxygens (including phenoxy) is 1. The molecule has 6 nitrogen and oxygen atoms in total. The maximum atomic E-state index is 13.4. The lowest BCUT2D eigenvalue weighted by molar-refractivity contribution is -0.121. The standard InChI is InChI=1S/C21H24F2N4O2.HI/c1-14(15-8-9-16(22)17(23)12-15)26-21(24-2)25-10-5-11-27-18-6-3-4-7-19(18)29-13-20(27)28;/h3-4,6-9,12,14H,5,10-11,13H2,1-2H3,(H2,24,25,26);1H. The Morgan fingerprint density at radius 2 is 2.00 bits per heavy atom. The van der Waals surface area contributed by atoms with Crippen molar-refractivity contribution in [2.45, 2.75) is 19.4 Å². The van der Waals surface area contributed by atoms with Crippen LogP contribution in [0.4, 0.5) is 14.5 Å². The molecule has 1 amide bonds. The minimum atomic E-state index is -0.880. The number of amides is 1. The summed E-state index contributed by atoms with van der Waals surface area (Å²) in [5.74, 6) is -0.579. The van der Waals surface area contributed by atoms with Crippen molar-refractivity contribution in [2.75, 3.05) is 31.6 Å². The number of para-hydroxylation sites is 2. The highest BCUT2D eigenvalue weighted by molar-refractivity contribution is 14.0. The summed E-state index contributed by atoms with van der Waals surface area (Å²) in [5.41, 5.74) is 1.39. The maximum Gasteiger partial charge on any atom is 0.265 e. The number of guanidine groups is 1. The molecule has 0 spiro atoms. The fraction of sp³-hybridized carbons (Fsp3) is 0.333. The molecule has 1 unspecified atom stereocenters. The Kier molecular flexibility index (Phi) is 8.82. The fourth-order valence-electron chi connectivity index (χ4n) is 3.11. The van der Waals surface area contributed by atoms with Crippen molar-refractivity contribution >= 4 is 41.5 Å². The Balaban J connectivity index is 0.00000320. The van der Waals surface area contributed by atoms with E-state index in [2.05, 4.69) is 15.6 Å². The molecule has 3 rings (SSSR count). The van der Waals surface area contributed by atoms with Crippen LogP contribution in [0.25, 0.3) is 0 Å². The van der Waals surface area contributed by atoms with Gasteiger partial charge in [0, 0.05) is 20.1 Å². The van der Waals surface area contributed by atoms with Gasteiger partial charge in [-0.15, -0.1) is 24.0 Å². The van der Waals surface area contributed by atoms with Crippen LogP contribution in [0.1, 0.15) is 24.9 Å². The molecular formula is C21H25F2IN4O2. The number of nitrogens with one attached hydrogen (secondary N) is 2. The molecule has 1 aliphatic heterocycles. The van der Waals surface area contributed by atoms with Crippen LogP contribution < -0.4 is 20.3 Å². The fourth-order valence-corrected chi connectivity index (χ4v) is 3.11. The van der Waals surface area contributed by atoms with E-state index in [4.69, 9.17) is 4.74 Å². The number of fused-ring (bicyclic) bond motifs is 1. The lowest BCUT2D eigenvalue weighted by atomic mass is 10.1. The Bertz CT molecular complexity index is 910. The van der Waals surface area contributed by atoms with E-state index >= 15 is 0 Å². The van der Waals surface area contributed by atoms with E-state index in [1.807, 2.05) is 31.2 Å². The van der Waals surface area contributed by atoms with Gasteiger partial charge in [0.05, 0.1) is 11.7 Å². The van der Waals surface area contributed by atoms with Crippen molar-refractivity contribution in [3.63, 3.8) is 0 Å². The van der Waals surface area contributed by atoms with Crippen LogP contribution in [-0.4, -0.2) is 38.6 Å². The average molecular weight is 530 g/mol. The third kappa shape index (κ3) is 5.80. The molecule has 1 aliphatic rings. The van der Waals surface area contributed by atoms with E-state index in [1.54, 1.807) is 11.9 Å². The largest absolute Gasteiger partial charge is 0.482 e. The highest BCUT2D eigenvalue weighted by atomic mass is 127. The highest BCUT2D eigenvalue weighted by Crippen LogP contribution is 2.31. The molecule has 1 heterocycles. The summed E-state index contributed by atoms with van der Waals surface area (Å²) in [6.45, 7) is 3.00. The third-order valence-electron chi connectivity index (χ3n) is 4.68. The maximum absolute atomic E-state index is 13.4. The van der Waals surface area contributed by atoms with Gasteiger partial charge in [-0.3, -0.25) is 9.79 Å². The summed E-state index contributed by atoms with van der Waals surface area (Å²) in [4.78, 5) is 18.1. The topological polar surface area (TPSA) is 66.0 Å². The van der Waals surface area contributed by atoms with Crippen LogP contribution in [-0.2, 0) is 4.79 Å². The van der Waals surface area contributed by atoms with Crippen molar-refractivity contribution in [3.8, 4) is 5.75 Å². The van der Waals surface area contributed by atoms with Crippen LogP contribution in [0.5, 0.6) is 5.75 Å². The molecule has 2 aromatic rings. The van der Waals surface area contributed by atoms with Crippen LogP contribution in [0, 0.1) is 11.6 Å². The van der Waals surface area contributed by atoms with Crippen LogP contribution in [0.2, 0.25) is 0 Å². The minimum absolute atomic E-state index is 0. The average Bonchev–Trinajstić information content (AvgIpc) is 2.73. The molecule has 9 heteroatoms. The van der Waals surface area contributed by atoms with Gasteiger partial charge in [-0.1, -0.05) is 18.2 Å². The number of anilines is 1. The predicted molar refractivity (Wildman–Crippen MR) is 124 cm³/mol. The number of aliphatic imine (C=N–C) groups is 1. The minimum Gasteiger partial charge on any atom is -0.482 e. The van der Waals surface area contributed by atoms with Gasteiger partial charge in [0.15, 0.2) is 24.2 Å². The van der Waals surface area contributed by atoms with Crippen molar-refractivity contribution < 1.29 is 18.3 Å². The lowest BCUT2D eigenvalue weighted by Gasteiger charge is -2.29. The normalized spacial score (nSPS) is 14.3. The number of rotatable bonds is 6. The van der Waals surface area contributed by atoms with Crippen LogP contribution in [0.15, 0.2) is 47.5 Å². The first-order valence-electron chi connectivity index (χ1n) is 9.44. The van der Waals surface area contributed by atoms with Gasteiger partial charge in [0.25, 0.3) is 5.91 Å². The van der Waals surface area contributed by atoms with E-state index < -0.39 is 11.6 Å². The first-order valence-corrected chi connectivity index (χ1v) is 9.44. The van der Waals surface area contributed by atoms with Crippen molar-refractivity contribution in [3.05, 3.63) is 59.7 Å². The Hall–Kier alpha value is -2.43. The van der Waals surface area contributed by atoms with E-state index in [0.717, 1.165) is 11.8 Å². The Morgan fingerprint density at radius 1 is 1.23 bits per heavy atom. The summed E-state index contributed by atoms with van der Waals surface area (Å²) in [6.07, 6.45) is 0.695. The molecule has 0 bridgehead atoms. The van der Waals surface area contributed by atoms with Gasteiger partial charge < -0.3 is 20.3 Å². The predicted octanol–water partition coefficient (Wildman–Crippen LogP) is 3.62. The van der Waals surface area contributed by atoms with Crippen molar-refractivity contribution in [1.82, 2.24) is 10.6 Å². The number of carbonyl (C=O) groups excluding carboxylic acids is 1. The second kappa shape index (κ2) is 11.1. The quantitative estimate of drug-likeness (QED) is 0.259. The zero-order valence-electron chi connectivity index (χ0n) is 16.8. The summed E-state index contributed by atoms with van der Waals surface area (Å²) in [6, 6.07) is 11.0. The summed E-state index contributed by atoms with van der Waals surface area (Å²) in [7, 11) is 1.63. The molecule has 0 fully saturated rings. The van der Waals surface area contributed by atoms with E-state index in [-0.39, 0.29) is 42.5 Å². The summed E-state index contributed by atoms with van der Waals surface area (Å²) < 4.78 is 32.0. The molecule has 0 aliphatic carbocycles. The number of hydrogen-bond donors (Lipinski definition) is 2. The molecule has 0 saturated heterocycles. The molecule has 0 radical (unpaired) electrons. The van der Waals surface area contributed by atoms with Crippen molar-refractivity contribution in [1.29, 1.82) is 0 Å². The number of hydrogen-bond acceptors (Lipinski definition) is 3. The van der Waals surface area contributed by atoms with Gasteiger partial charge >= 0.3 is 0 Å². The van der Waals surface area contributed by atoms with E-state index in [1.165, 1.54) is 12.1 Å². The smallest absolute Gasteiger partial charge is 0.265 e. The Labute approximate surface area is 191 Å². The summed E-state index contributed by atoms with van der Waals surface area (Å²) >= 11 is 0. The summed E-state index contributed by atoms with van der Waals surface area (Å²) in [5, 5.41) is 6.32. The first kappa shape index (κ1) is 23.8. The third-order valence-corrected chi connectivity index (χ3v) is 4.68. The Morgan fingerprint density at radius 3 is 2.73 bits per heavy atom. The molecule has 0 saturated carbocycles. The molecule has 2 aromatic carbocycles. The zero-order chi connectivity index (χ0) is 20.8. The molecular weight excluding hydrogens is 505 g/mol. The molecule has 162 valence electrons. The zero-order valence-corrected chi connectivity index (χ0v) is 19.2. The molecule has 1 atom stereocenters. The second-order valence-electron chi connectivity index (χ2n) is 6.69. The highest BCUT2D eigenvalue weighted by Gasteiger charge is 2.24. The second-order valence-corrected chi connectivity index (χ2v) is 6.69. The molecule has 30 heavy (non-hydrogen) atoms.